The fourth-order valence-corrected chi connectivity index (χ4v) is 3.29. The summed E-state index contributed by atoms with van der Waals surface area (Å²) >= 11 is 0. The van der Waals surface area contributed by atoms with Gasteiger partial charge in [0, 0.05) is 12.3 Å². The number of ketones is 1. The molecule has 2 rings (SSSR count). The number of esters is 1. The van der Waals surface area contributed by atoms with Gasteiger partial charge < -0.3 is 4.74 Å². The molecule has 0 spiro atoms. The van der Waals surface area contributed by atoms with E-state index in [1.54, 1.807) is 0 Å². The first-order chi connectivity index (χ1) is 11.6. The highest BCUT2D eigenvalue weighted by atomic mass is 16.5. The molecule has 3 nitrogen and oxygen atoms in total. The molecule has 0 aliphatic heterocycles. The van der Waals surface area contributed by atoms with Crippen molar-refractivity contribution in [3.05, 3.63) is 35.4 Å². The average Bonchev–Trinajstić information content (AvgIpc) is 2.99. The number of hydrogen-bond acceptors (Lipinski definition) is 3. The van der Waals surface area contributed by atoms with Crippen LogP contribution in [0.3, 0.4) is 0 Å². The molecular formula is C21H30O3. The van der Waals surface area contributed by atoms with E-state index in [4.69, 9.17) is 4.74 Å². The van der Waals surface area contributed by atoms with Gasteiger partial charge in [0.25, 0.3) is 0 Å². The summed E-state index contributed by atoms with van der Waals surface area (Å²) in [6.45, 7) is 4.58. The third-order valence-electron chi connectivity index (χ3n) is 4.99. The molecule has 0 amide bonds. The summed E-state index contributed by atoms with van der Waals surface area (Å²) in [6, 6.07) is 8.09. The van der Waals surface area contributed by atoms with Crippen LogP contribution >= 0.6 is 0 Å². The van der Waals surface area contributed by atoms with Crippen molar-refractivity contribution in [1.29, 1.82) is 0 Å². The number of rotatable bonds is 9. The Morgan fingerprint density at radius 2 is 1.96 bits per heavy atom. The second kappa shape index (κ2) is 9.61. The van der Waals surface area contributed by atoms with Crippen LogP contribution in [0.5, 0.6) is 0 Å². The van der Waals surface area contributed by atoms with Crippen molar-refractivity contribution in [3.8, 4) is 0 Å². The Hall–Kier alpha value is -1.64. The van der Waals surface area contributed by atoms with Crippen molar-refractivity contribution in [2.24, 2.45) is 5.92 Å². The van der Waals surface area contributed by atoms with Crippen LogP contribution in [0, 0.1) is 5.92 Å². The maximum Gasteiger partial charge on any atom is 0.313 e. The molecule has 0 bridgehead atoms. The Morgan fingerprint density at radius 3 is 2.58 bits per heavy atom. The minimum absolute atomic E-state index is 0.148. The molecule has 0 radical (unpaired) electrons. The molecule has 0 saturated heterocycles. The smallest absolute Gasteiger partial charge is 0.313 e. The van der Waals surface area contributed by atoms with E-state index in [-0.39, 0.29) is 17.8 Å². The molecule has 0 heterocycles. The van der Waals surface area contributed by atoms with Gasteiger partial charge in [0.2, 0.25) is 0 Å². The van der Waals surface area contributed by atoms with Gasteiger partial charge in [-0.05, 0) is 43.7 Å². The monoisotopic (exact) mass is 330 g/mol. The van der Waals surface area contributed by atoms with Gasteiger partial charge in [0.05, 0.1) is 12.5 Å². The van der Waals surface area contributed by atoms with E-state index in [0.717, 1.165) is 44.1 Å². The summed E-state index contributed by atoms with van der Waals surface area (Å²) in [5.41, 5.74) is 2.16. The van der Waals surface area contributed by atoms with Gasteiger partial charge in [-0.15, -0.1) is 0 Å². The Labute approximate surface area is 145 Å². The second-order valence-electron chi connectivity index (χ2n) is 6.95. The number of Topliss-reactive ketones (excluding diaryl/α,β-unsaturated/α-hetero) is 1. The molecule has 132 valence electrons. The van der Waals surface area contributed by atoms with E-state index in [2.05, 4.69) is 6.92 Å². The molecule has 2 atom stereocenters. The van der Waals surface area contributed by atoms with Gasteiger partial charge in [0.1, 0.15) is 5.78 Å². The second-order valence-corrected chi connectivity index (χ2v) is 6.95. The zero-order valence-corrected chi connectivity index (χ0v) is 15.1. The summed E-state index contributed by atoms with van der Waals surface area (Å²) in [5.74, 6) is 0.212. The SMILES string of the molecule is CCCCCCOC(=O)C(C)c1ccc(CC2CCCC2=O)cc1. The topological polar surface area (TPSA) is 43.4 Å². The van der Waals surface area contributed by atoms with Gasteiger partial charge in [0.15, 0.2) is 0 Å². The average molecular weight is 330 g/mol. The molecule has 2 unspecified atom stereocenters. The van der Waals surface area contributed by atoms with Crippen LogP contribution in [0.2, 0.25) is 0 Å². The maximum absolute atomic E-state index is 12.1. The van der Waals surface area contributed by atoms with Crippen molar-refractivity contribution in [2.45, 2.75) is 71.1 Å². The minimum Gasteiger partial charge on any atom is -0.465 e. The first kappa shape index (κ1) is 18.7. The van der Waals surface area contributed by atoms with Crippen LogP contribution in [-0.4, -0.2) is 18.4 Å². The number of benzene rings is 1. The molecule has 0 N–H and O–H groups in total. The zero-order chi connectivity index (χ0) is 17.4. The van der Waals surface area contributed by atoms with Gasteiger partial charge in [-0.3, -0.25) is 9.59 Å². The Balaban J connectivity index is 1.80. The van der Waals surface area contributed by atoms with Gasteiger partial charge in [-0.1, -0.05) is 50.5 Å². The first-order valence-corrected chi connectivity index (χ1v) is 9.40. The van der Waals surface area contributed by atoms with Gasteiger partial charge in [-0.25, -0.2) is 0 Å². The lowest BCUT2D eigenvalue weighted by atomic mass is 9.94. The molecule has 1 aliphatic rings. The predicted molar refractivity (Wildman–Crippen MR) is 96.0 cm³/mol. The summed E-state index contributed by atoms with van der Waals surface area (Å²) in [7, 11) is 0. The van der Waals surface area contributed by atoms with E-state index < -0.39 is 0 Å². The van der Waals surface area contributed by atoms with Crippen LogP contribution < -0.4 is 0 Å². The van der Waals surface area contributed by atoms with E-state index in [1.807, 2.05) is 31.2 Å². The van der Waals surface area contributed by atoms with Crippen molar-refractivity contribution in [2.75, 3.05) is 6.61 Å². The fraction of sp³-hybridized carbons (Fsp3) is 0.619. The van der Waals surface area contributed by atoms with Crippen LogP contribution in [0.1, 0.15) is 75.8 Å². The summed E-state index contributed by atoms with van der Waals surface area (Å²) in [6.07, 6.45) is 8.05. The lowest BCUT2D eigenvalue weighted by Gasteiger charge is -2.13. The summed E-state index contributed by atoms with van der Waals surface area (Å²) in [4.78, 5) is 23.9. The van der Waals surface area contributed by atoms with Crippen molar-refractivity contribution < 1.29 is 14.3 Å². The molecule has 1 saturated carbocycles. The molecule has 1 aliphatic carbocycles. The zero-order valence-electron chi connectivity index (χ0n) is 15.1. The largest absolute Gasteiger partial charge is 0.465 e. The highest BCUT2D eigenvalue weighted by molar-refractivity contribution is 5.83. The van der Waals surface area contributed by atoms with E-state index in [9.17, 15) is 9.59 Å². The first-order valence-electron chi connectivity index (χ1n) is 9.40. The maximum atomic E-state index is 12.1. The minimum atomic E-state index is -0.238. The molecule has 24 heavy (non-hydrogen) atoms. The molecule has 0 aromatic heterocycles. The molecule has 1 aromatic carbocycles. The van der Waals surface area contributed by atoms with Crippen LogP contribution in [0.15, 0.2) is 24.3 Å². The van der Waals surface area contributed by atoms with Gasteiger partial charge >= 0.3 is 5.97 Å². The lowest BCUT2D eigenvalue weighted by Crippen LogP contribution is -2.14. The van der Waals surface area contributed by atoms with Crippen molar-refractivity contribution >= 4 is 11.8 Å². The predicted octanol–water partition coefficient (Wildman–Crippen LogP) is 4.83. The Kier molecular flexibility index (Phi) is 7.48. The van der Waals surface area contributed by atoms with Gasteiger partial charge in [-0.2, -0.15) is 0 Å². The van der Waals surface area contributed by atoms with E-state index >= 15 is 0 Å². The van der Waals surface area contributed by atoms with Crippen LogP contribution in [0.25, 0.3) is 0 Å². The lowest BCUT2D eigenvalue weighted by molar-refractivity contribution is -0.145. The summed E-state index contributed by atoms with van der Waals surface area (Å²) < 4.78 is 5.37. The molecule has 1 aromatic rings. The molecule has 1 fully saturated rings. The third-order valence-corrected chi connectivity index (χ3v) is 4.99. The fourth-order valence-electron chi connectivity index (χ4n) is 3.29. The standard InChI is InChI=1S/C21H30O3/c1-3-4-5-6-14-24-21(23)16(2)18-12-10-17(11-13-18)15-19-8-7-9-20(19)22/h10-13,16,19H,3-9,14-15H2,1-2H3. The number of unbranched alkanes of at least 4 members (excludes halogenated alkanes) is 3. The number of hydrogen-bond donors (Lipinski definition) is 0. The van der Waals surface area contributed by atoms with Crippen LogP contribution in [-0.2, 0) is 20.7 Å². The third kappa shape index (κ3) is 5.47. The molecule has 3 heteroatoms. The summed E-state index contributed by atoms with van der Waals surface area (Å²) in [5, 5.41) is 0. The van der Waals surface area contributed by atoms with Crippen molar-refractivity contribution in [3.63, 3.8) is 0 Å². The normalized spacial score (nSPS) is 18.6. The number of carbonyl (C=O) groups is 2. The van der Waals surface area contributed by atoms with E-state index in [0.29, 0.717) is 12.4 Å². The van der Waals surface area contributed by atoms with Crippen molar-refractivity contribution in [1.82, 2.24) is 0 Å². The van der Waals surface area contributed by atoms with E-state index in [1.165, 1.54) is 18.4 Å². The Bertz CT molecular complexity index is 533. The highest BCUT2D eigenvalue weighted by Crippen LogP contribution is 2.26. The highest BCUT2D eigenvalue weighted by Gasteiger charge is 2.24. The number of ether oxygens (including phenoxy) is 1. The Morgan fingerprint density at radius 1 is 1.21 bits per heavy atom. The quantitative estimate of drug-likeness (QED) is 0.481. The molecular weight excluding hydrogens is 300 g/mol. The van der Waals surface area contributed by atoms with Crippen LogP contribution in [0.4, 0.5) is 0 Å². The number of carbonyl (C=O) groups excluding carboxylic acids is 2.